The van der Waals surface area contributed by atoms with Gasteiger partial charge in [0.15, 0.2) is 5.82 Å². The van der Waals surface area contributed by atoms with Gasteiger partial charge in [-0.25, -0.2) is 9.97 Å². The van der Waals surface area contributed by atoms with E-state index < -0.39 is 0 Å². The molecule has 35 heavy (non-hydrogen) atoms. The quantitative estimate of drug-likeness (QED) is 0.320. The Kier molecular flexibility index (Phi) is 5.94. The third-order valence-corrected chi connectivity index (χ3v) is 6.54. The molecule has 1 fully saturated rings. The second-order valence-electron chi connectivity index (χ2n) is 8.82. The molecule has 0 unspecified atom stereocenters. The second kappa shape index (κ2) is 9.68. The molecule has 0 saturated carbocycles. The Labute approximate surface area is 203 Å². The first-order valence-electron chi connectivity index (χ1n) is 12.1. The molecule has 6 rings (SSSR count). The lowest BCUT2D eigenvalue weighted by atomic mass is 10.0. The first kappa shape index (κ1) is 21.5. The summed E-state index contributed by atoms with van der Waals surface area (Å²) < 4.78 is 5.99. The van der Waals surface area contributed by atoms with Crippen LogP contribution in [0.1, 0.15) is 19.3 Å². The molecule has 1 saturated heterocycles. The molecule has 176 valence electrons. The van der Waals surface area contributed by atoms with Crippen LogP contribution in [0.5, 0.6) is 5.75 Å². The maximum absolute atomic E-state index is 5.99. The highest BCUT2D eigenvalue weighted by atomic mass is 16.5. The van der Waals surface area contributed by atoms with Gasteiger partial charge in [0.05, 0.1) is 5.52 Å². The van der Waals surface area contributed by atoms with E-state index in [4.69, 9.17) is 9.72 Å². The van der Waals surface area contributed by atoms with Gasteiger partial charge in [0.25, 0.3) is 0 Å². The van der Waals surface area contributed by atoms with Crippen LogP contribution in [-0.2, 0) is 0 Å². The van der Waals surface area contributed by atoms with Crippen LogP contribution in [0.3, 0.4) is 0 Å². The van der Waals surface area contributed by atoms with Gasteiger partial charge in [-0.15, -0.1) is 0 Å². The van der Waals surface area contributed by atoms with Crippen molar-refractivity contribution in [1.29, 1.82) is 0 Å². The highest BCUT2D eigenvalue weighted by Gasteiger charge is 2.14. The summed E-state index contributed by atoms with van der Waals surface area (Å²) in [6.45, 7) is 4.06. The number of hydrogen-bond acceptors (Lipinski definition) is 7. The number of nitrogens with zero attached hydrogens (tertiary/aromatic N) is 5. The number of rotatable bonds is 7. The summed E-state index contributed by atoms with van der Waals surface area (Å²) in [5.74, 6) is 2.32. The maximum Gasteiger partial charge on any atom is 0.157 e. The van der Waals surface area contributed by atoms with E-state index in [0.717, 1.165) is 51.0 Å². The summed E-state index contributed by atoms with van der Waals surface area (Å²) in [5.41, 5.74) is 2.67. The fourth-order valence-corrected chi connectivity index (χ4v) is 4.74. The average molecular weight is 466 g/mol. The number of benzene rings is 2. The predicted molar refractivity (Wildman–Crippen MR) is 138 cm³/mol. The van der Waals surface area contributed by atoms with Crippen LogP contribution in [0, 0.1) is 0 Å². The number of para-hydroxylation sites is 1. The third-order valence-electron chi connectivity index (χ3n) is 6.54. The Hall–Kier alpha value is -4.04. The molecule has 1 aliphatic rings. The third kappa shape index (κ3) is 4.52. The highest BCUT2D eigenvalue weighted by molar-refractivity contribution is 6.13. The standard InChI is InChI=1S/C27H27N7O/c1-2-13-34(14-3-1)15-16-35-20-9-7-19(8-10-20)31-27-22-11-12-28-17-24(22)21-5-4-6-23(25(21)32-27)26-29-18-30-33-26/h4-12,17-18H,1-3,13-16H2,(H,31,32)(H,29,30,33). The van der Waals surface area contributed by atoms with Gasteiger partial charge in [-0.2, -0.15) is 5.10 Å². The fraction of sp³-hybridized carbons (Fsp3) is 0.259. The van der Waals surface area contributed by atoms with E-state index in [2.05, 4.69) is 36.4 Å². The van der Waals surface area contributed by atoms with Crippen molar-refractivity contribution >= 4 is 33.2 Å². The maximum atomic E-state index is 5.99. The van der Waals surface area contributed by atoms with Crippen LogP contribution in [0.25, 0.3) is 33.1 Å². The molecule has 3 aromatic heterocycles. The molecule has 8 heteroatoms. The Bertz CT molecular complexity index is 1430. The number of aromatic nitrogens is 5. The lowest BCUT2D eigenvalue weighted by Gasteiger charge is -2.26. The average Bonchev–Trinajstić information content (AvgIpc) is 3.45. The largest absolute Gasteiger partial charge is 0.492 e. The zero-order chi connectivity index (χ0) is 23.5. The Morgan fingerprint density at radius 1 is 0.943 bits per heavy atom. The zero-order valence-electron chi connectivity index (χ0n) is 19.4. The molecule has 0 amide bonds. The van der Waals surface area contributed by atoms with Crippen molar-refractivity contribution in [1.82, 2.24) is 30.0 Å². The van der Waals surface area contributed by atoms with Crippen molar-refractivity contribution in [2.75, 3.05) is 31.6 Å². The number of hydrogen-bond donors (Lipinski definition) is 2. The summed E-state index contributed by atoms with van der Waals surface area (Å²) in [4.78, 5) is 16.2. The number of likely N-dealkylation sites (tertiary alicyclic amines) is 1. The van der Waals surface area contributed by atoms with E-state index in [9.17, 15) is 0 Å². The minimum absolute atomic E-state index is 0.684. The highest BCUT2D eigenvalue weighted by Crippen LogP contribution is 2.34. The lowest BCUT2D eigenvalue weighted by molar-refractivity contribution is 0.183. The summed E-state index contributed by atoms with van der Waals surface area (Å²) in [6, 6.07) is 16.1. The smallest absolute Gasteiger partial charge is 0.157 e. The van der Waals surface area contributed by atoms with Crippen molar-refractivity contribution in [3.63, 3.8) is 0 Å². The second-order valence-corrected chi connectivity index (χ2v) is 8.82. The summed E-state index contributed by atoms with van der Waals surface area (Å²) in [7, 11) is 0. The number of nitrogens with one attached hydrogen (secondary N) is 2. The normalized spacial score (nSPS) is 14.4. The van der Waals surface area contributed by atoms with Gasteiger partial charge in [0.1, 0.15) is 24.5 Å². The van der Waals surface area contributed by atoms with Gasteiger partial charge in [0.2, 0.25) is 0 Å². The van der Waals surface area contributed by atoms with Gasteiger partial charge >= 0.3 is 0 Å². The first-order chi connectivity index (χ1) is 17.3. The monoisotopic (exact) mass is 465 g/mol. The van der Waals surface area contributed by atoms with Gasteiger partial charge in [0, 0.05) is 46.3 Å². The van der Waals surface area contributed by atoms with E-state index in [1.165, 1.54) is 38.7 Å². The lowest BCUT2D eigenvalue weighted by Crippen LogP contribution is -2.33. The van der Waals surface area contributed by atoms with Gasteiger partial charge in [-0.3, -0.25) is 15.0 Å². The van der Waals surface area contributed by atoms with Gasteiger partial charge in [-0.05, 0) is 62.3 Å². The van der Waals surface area contributed by atoms with E-state index >= 15 is 0 Å². The molecule has 8 nitrogen and oxygen atoms in total. The number of pyridine rings is 2. The van der Waals surface area contributed by atoms with Crippen LogP contribution < -0.4 is 10.1 Å². The number of H-pyrrole nitrogens is 1. The minimum Gasteiger partial charge on any atom is -0.492 e. The van der Waals surface area contributed by atoms with Crippen LogP contribution >= 0.6 is 0 Å². The molecular formula is C27H27N7O. The molecule has 0 bridgehead atoms. The fourth-order valence-electron chi connectivity index (χ4n) is 4.74. The van der Waals surface area contributed by atoms with Crippen molar-refractivity contribution < 1.29 is 4.74 Å². The molecule has 2 N–H and O–H groups in total. The first-order valence-corrected chi connectivity index (χ1v) is 12.1. The van der Waals surface area contributed by atoms with Crippen molar-refractivity contribution in [3.8, 4) is 17.1 Å². The molecule has 2 aromatic carbocycles. The summed E-state index contributed by atoms with van der Waals surface area (Å²) >= 11 is 0. The van der Waals surface area contributed by atoms with E-state index in [1.807, 2.05) is 48.7 Å². The Morgan fingerprint density at radius 2 is 1.83 bits per heavy atom. The molecule has 4 heterocycles. The molecule has 1 aliphatic heterocycles. The van der Waals surface area contributed by atoms with Crippen molar-refractivity contribution in [2.45, 2.75) is 19.3 Å². The zero-order valence-corrected chi connectivity index (χ0v) is 19.4. The number of aromatic amines is 1. The number of piperidine rings is 1. The summed E-state index contributed by atoms with van der Waals surface area (Å²) in [6.07, 6.45) is 9.13. The molecule has 0 radical (unpaired) electrons. The molecule has 0 atom stereocenters. The number of anilines is 2. The van der Waals surface area contributed by atoms with Crippen LogP contribution in [0.4, 0.5) is 11.5 Å². The van der Waals surface area contributed by atoms with E-state index in [0.29, 0.717) is 12.4 Å². The SMILES string of the molecule is c1cc(-c2ncn[nH]2)c2nc(Nc3ccc(OCCN4CCCCC4)cc3)c3ccncc3c2c1. The van der Waals surface area contributed by atoms with Gasteiger partial charge in [-0.1, -0.05) is 18.6 Å². The molecule has 0 aliphatic carbocycles. The van der Waals surface area contributed by atoms with Crippen molar-refractivity contribution in [3.05, 3.63) is 67.3 Å². The molecule has 5 aromatic rings. The molecular weight excluding hydrogens is 438 g/mol. The van der Waals surface area contributed by atoms with Gasteiger partial charge < -0.3 is 10.1 Å². The van der Waals surface area contributed by atoms with Crippen LogP contribution in [0.2, 0.25) is 0 Å². The Balaban J connectivity index is 1.26. The number of fused-ring (bicyclic) bond motifs is 3. The topological polar surface area (TPSA) is 91.8 Å². The summed E-state index contributed by atoms with van der Waals surface area (Å²) in [5, 5.41) is 13.5. The van der Waals surface area contributed by atoms with Crippen LogP contribution in [0.15, 0.2) is 67.3 Å². The van der Waals surface area contributed by atoms with E-state index in [1.54, 1.807) is 6.20 Å². The molecule has 0 spiro atoms. The van der Waals surface area contributed by atoms with E-state index in [-0.39, 0.29) is 0 Å². The number of ether oxygens (including phenoxy) is 1. The minimum atomic E-state index is 0.684. The van der Waals surface area contributed by atoms with Crippen LogP contribution in [-0.4, -0.2) is 56.3 Å². The van der Waals surface area contributed by atoms with Crippen molar-refractivity contribution in [2.24, 2.45) is 0 Å². The Morgan fingerprint density at radius 3 is 2.66 bits per heavy atom. The predicted octanol–water partition coefficient (Wildman–Crippen LogP) is 5.18.